The second-order valence-corrected chi connectivity index (χ2v) is 12.4. The molecule has 45 heavy (non-hydrogen) atoms. The van der Waals surface area contributed by atoms with Crippen LogP contribution in [0.1, 0.15) is 0 Å². The van der Waals surface area contributed by atoms with Crippen molar-refractivity contribution in [1.82, 2.24) is 14.5 Å². The lowest BCUT2D eigenvalue weighted by Crippen LogP contribution is -2.00. The number of benzene rings is 6. The SMILES string of the molecule is c1ccc(-c2nc(-c3c(-n4c5ccccc5c5ccccc54)ccc4c3oc3ccccc34)c3sc4ccccc4c3n2)cc1. The van der Waals surface area contributed by atoms with E-state index in [9.17, 15) is 0 Å². The van der Waals surface area contributed by atoms with Crippen molar-refractivity contribution in [3.8, 4) is 28.3 Å². The van der Waals surface area contributed by atoms with Crippen LogP contribution < -0.4 is 0 Å². The monoisotopic (exact) mass is 593 g/mol. The zero-order chi connectivity index (χ0) is 29.5. The van der Waals surface area contributed by atoms with Gasteiger partial charge in [0.2, 0.25) is 0 Å². The minimum absolute atomic E-state index is 0.697. The Morgan fingerprint density at radius 2 is 1.18 bits per heavy atom. The quantitative estimate of drug-likeness (QED) is 0.205. The summed E-state index contributed by atoms with van der Waals surface area (Å²) in [6.45, 7) is 0. The Labute approximate surface area is 261 Å². The molecule has 210 valence electrons. The Balaban J connectivity index is 1.43. The van der Waals surface area contributed by atoms with Gasteiger partial charge in [0.15, 0.2) is 5.82 Å². The highest BCUT2D eigenvalue weighted by molar-refractivity contribution is 7.26. The molecule has 0 aliphatic carbocycles. The van der Waals surface area contributed by atoms with E-state index in [4.69, 9.17) is 14.4 Å². The van der Waals surface area contributed by atoms with Gasteiger partial charge in [-0.1, -0.05) is 103 Å². The van der Waals surface area contributed by atoms with Crippen LogP contribution in [0.2, 0.25) is 0 Å². The van der Waals surface area contributed by atoms with Gasteiger partial charge in [-0.3, -0.25) is 0 Å². The van der Waals surface area contributed by atoms with E-state index in [1.807, 2.05) is 30.3 Å². The molecule has 5 heteroatoms. The maximum absolute atomic E-state index is 6.80. The highest BCUT2D eigenvalue weighted by Gasteiger charge is 2.25. The van der Waals surface area contributed by atoms with E-state index < -0.39 is 0 Å². The summed E-state index contributed by atoms with van der Waals surface area (Å²) in [5, 5.41) is 5.71. The summed E-state index contributed by atoms with van der Waals surface area (Å²) in [6, 6.07) is 48.7. The van der Waals surface area contributed by atoms with Crippen molar-refractivity contribution in [3.05, 3.63) is 140 Å². The summed E-state index contributed by atoms with van der Waals surface area (Å²) in [7, 11) is 0. The van der Waals surface area contributed by atoms with Crippen molar-refractivity contribution in [3.63, 3.8) is 0 Å². The first-order valence-electron chi connectivity index (χ1n) is 15.0. The summed E-state index contributed by atoms with van der Waals surface area (Å²) < 4.78 is 11.4. The van der Waals surface area contributed by atoms with Crippen LogP contribution in [-0.4, -0.2) is 14.5 Å². The minimum atomic E-state index is 0.697. The van der Waals surface area contributed by atoms with Crippen molar-refractivity contribution >= 4 is 75.4 Å². The third kappa shape index (κ3) is 3.53. The van der Waals surface area contributed by atoms with E-state index >= 15 is 0 Å². The average molecular weight is 594 g/mol. The van der Waals surface area contributed by atoms with Crippen LogP contribution in [-0.2, 0) is 0 Å². The number of fused-ring (bicyclic) bond motifs is 9. The fraction of sp³-hybridized carbons (Fsp3) is 0. The lowest BCUT2D eigenvalue weighted by molar-refractivity contribution is 0.669. The molecule has 0 atom stereocenters. The molecule has 0 bridgehead atoms. The molecule has 0 fully saturated rings. The molecule has 0 spiro atoms. The fourth-order valence-electron chi connectivity index (χ4n) is 6.85. The van der Waals surface area contributed by atoms with Crippen LogP contribution in [0.15, 0.2) is 144 Å². The predicted molar refractivity (Wildman–Crippen MR) is 187 cm³/mol. The molecular weight excluding hydrogens is 571 g/mol. The van der Waals surface area contributed by atoms with Crippen LogP contribution in [0.4, 0.5) is 0 Å². The standard InChI is InChI=1S/C40H23N3OS/c1-2-12-24(13-3-1)40-41-36-29-17-7-11-21-34(29)45-39(36)37(42-40)35-32(23-22-28-27-16-6-10-20-33(27)44-38(28)35)43-30-18-8-4-14-25(30)26-15-5-9-19-31(26)43/h1-23H. The van der Waals surface area contributed by atoms with Crippen LogP contribution in [0.3, 0.4) is 0 Å². The molecule has 10 aromatic rings. The lowest BCUT2D eigenvalue weighted by Gasteiger charge is -2.15. The largest absolute Gasteiger partial charge is 0.455 e. The van der Waals surface area contributed by atoms with Gasteiger partial charge >= 0.3 is 0 Å². The number of nitrogens with zero attached hydrogens (tertiary/aromatic N) is 3. The normalized spacial score (nSPS) is 12.0. The molecule has 10 rings (SSSR count). The molecule has 0 N–H and O–H groups in total. The Bertz CT molecular complexity index is 2720. The van der Waals surface area contributed by atoms with Crippen molar-refractivity contribution in [2.45, 2.75) is 0 Å². The summed E-state index contributed by atoms with van der Waals surface area (Å²) in [5.41, 5.74) is 8.76. The number of aromatic nitrogens is 3. The summed E-state index contributed by atoms with van der Waals surface area (Å²) in [6.07, 6.45) is 0. The second kappa shape index (κ2) is 9.36. The van der Waals surface area contributed by atoms with Gasteiger partial charge in [0.25, 0.3) is 0 Å². The molecule has 0 saturated carbocycles. The molecule has 0 aliphatic heterocycles. The summed E-state index contributed by atoms with van der Waals surface area (Å²) >= 11 is 1.74. The minimum Gasteiger partial charge on any atom is -0.455 e. The molecule has 0 saturated heterocycles. The zero-order valence-electron chi connectivity index (χ0n) is 23.9. The van der Waals surface area contributed by atoms with E-state index in [0.717, 1.165) is 71.1 Å². The molecule has 0 radical (unpaired) electrons. The first kappa shape index (κ1) is 24.6. The van der Waals surface area contributed by atoms with E-state index in [1.165, 1.54) is 15.5 Å². The molecule has 0 unspecified atom stereocenters. The van der Waals surface area contributed by atoms with E-state index in [2.05, 4.69) is 114 Å². The number of para-hydroxylation sites is 3. The van der Waals surface area contributed by atoms with Crippen molar-refractivity contribution in [1.29, 1.82) is 0 Å². The van der Waals surface area contributed by atoms with Gasteiger partial charge < -0.3 is 8.98 Å². The van der Waals surface area contributed by atoms with Gasteiger partial charge in [-0.05, 0) is 36.4 Å². The van der Waals surface area contributed by atoms with Crippen LogP contribution in [0.25, 0.3) is 92.4 Å². The van der Waals surface area contributed by atoms with E-state index in [0.29, 0.717) is 5.82 Å². The first-order chi connectivity index (χ1) is 22.3. The maximum atomic E-state index is 6.80. The zero-order valence-corrected chi connectivity index (χ0v) is 24.8. The van der Waals surface area contributed by atoms with Crippen LogP contribution >= 0.6 is 11.3 Å². The predicted octanol–water partition coefficient (Wildman–Crippen LogP) is 11.2. The van der Waals surface area contributed by atoms with Gasteiger partial charge in [0.1, 0.15) is 11.2 Å². The van der Waals surface area contributed by atoms with E-state index in [-0.39, 0.29) is 0 Å². The highest BCUT2D eigenvalue weighted by atomic mass is 32.1. The number of thiophene rings is 1. The van der Waals surface area contributed by atoms with Gasteiger partial charge in [-0.25, -0.2) is 9.97 Å². The Hall–Kier alpha value is -5.78. The van der Waals surface area contributed by atoms with Gasteiger partial charge in [-0.15, -0.1) is 11.3 Å². The molecular formula is C40H23N3OS. The van der Waals surface area contributed by atoms with Crippen LogP contribution in [0, 0.1) is 0 Å². The van der Waals surface area contributed by atoms with Crippen molar-refractivity contribution in [2.75, 3.05) is 0 Å². The van der Waals surface area contributed by atoms with Gasteiger partial charge in [-0.2, -0.15) is 0 Å². The summed E-state index contributed by atoms with van der Waals surface area (Å²) in [5.74, 6) is 0.697. The molecule has 0 amide bonds. The third-order valence-corrected chi connectivity index (χ3v) is 10.0. The fourth-order valence-corrected chi connectivity index (χ4v) is 7.99. The van der Waals surface area contributed by atoms with Crippen molar-refractivity contribution < 1.29 is 4.42 Å². The Kier molecular flexibility index (Phi) is 5.12. The van der Waals surface area contributed by atoms with Gasteiger partial charge in [0.05, 0.1) is 38.2 Å². The highest BCUT2D eigenvalue weighted by Crippen LogP contribution is 2.46. The average Bonchev–Trinajstić information content (AvgIpc) is 3.78. The number of furan rings is 1. The topological polar surface area (TPSA) is 43.9 Å². The Morgan fingerprint density at radius 1 is 0.533 bits per heavy atom. The molecule has 4 heterocycles. The Morgan fingerprint density at radius 3 is 1.96 bits per heavy atom. The summed E-state index contributed by atoms with van der Waals surface area (Å²) in [4.78, 5) is 10.6. The molecule has 4 aromatic heterocycles. The van der Waals surface area contributed by atoms with Gasteiger partial charge in [0, 0.05) is 37.2 Å². The first-order valence-corrected chi connectivity index (χ1v) is 15.8. The maximum Gasteiger partial charge on any atom is 0.160 e. The van der Waals surface area contributed by atoms with Crippen LogP contribution in [0.5, 0.6) is 0 Å². The lowest BCUT2D eigenvalue weighted by atomic mass is 10.0. The smallest absolute Gasteiger partial charge is 0.160 e. The molecule has 0 aliphatic rings. The molecule has 6 aromatic carbocycles. The van der Waals surface area contributed by atoms with Crippen molar-refractivity contribution in [2.24, 2.45) is 0 Å². The third-order valence-electron chi connectivity index (χ3n) is 8.83. The molecule has 4 nitrogen and oxygen atoms in total. The second-order valence-electron chi connectivity index (χ2n) is 11.3. The number of hydrogen-bond acceptors (Lipinski definition) is 4. The van der Waals surface area contributed by atoms with E-state index in [1.54, 1.807) is 11.3 Å². The number of hydrogen-bond donors (Lipinski definition) is 0. The number of rotatable bonds is 3.